The highest BCUT2D eigenvalue weighted by Gasteiger charge is 2.38. The van der Waals surface area contributed by atoms with E-state index in [2.05, 4.69) is 9.47 Å². The summed E-state index contributed by atoms with van der Waals surface area (Å²) in [7, 11) is 1.03. The molecule has 1 aliphatic rings. The predicted octanol–water partition coefficient (Wildman–Crippen LogP) is -2.44. The molecule has 0 aromatic carbocycles. The Balaban J connectivity index is 2.55. The molecule has 1 rings (SSSR count). The highest BCUT2D eigenvalue weighted by atomic mass is 16.6. The quantitative estimate of drug-likeness (QED) is 0.362. The fraction of sp³-hybridized carbons (Fsp3) is 0.571. The third-order valence-electron chi connectivity index (χ3n) is 1.69. The van der Waals surface area contributed by atoms with E-state index in [4.69, 9.17) is 5.11 Å². The lowest BCUT2D eigenvalue weighted by Crippen LogP contribution is -2.47. The van der Waals surface area contributed by atoms with Crippen molar-refractivity contribution in [2.24, 2.45) is 0 Å². The summed E-state index contributed by atoms with van der Waals surface area (Å²) in [6.07, 6.45) is -1.13. The van der Waals surface area contributed by atoms with Gasteiger partial charge in [0.05, 0.1) is 7.11 Å². The lowest BCUT2D eigenvalue weighted by atomic mass is 10.2. The molecule has 1 aliphatic heterocycles. The Morgan fingerprint density at radius 3 is 2.71 bits per heavy atom. The van der Waals surface area contributed by atoms with Gasteiger partial charge in [-0.05, 0) is 0 Å². The highest BCUT2D eigenvalue weighted by Crippen LogP contribution is 2.06. The third kappa shape index (κ3) is 1.99. The lowest BCUT2D eigenvalue weighted by molar-refractivity contribution is -0.154. The number of amides is 1. The first-order chi connectivity index (χ1) is 6.56. The first kappa shape index (κ1) is 10.5. The standard InChI is InChI=1S/C7H9NO6/c1-13-7(12)5(10)8-4-3(9)2-14-6(4)11/h3-4,9H,2H2,1H3,(H,8,10)/t3-,4-/m0/s1. The van der Waals surface area contributed by atoms with Gasteiger partial charge in [-0.3, -0.25) is 4.79 Å². The van der Waals surface area contributed by atoms with Crippen LogP contribution in [0.1, 0.15) is 0 Å². The number of carbonyl (C=O) groups excluding carboxylic acids is 3. The molecule has 0 bridgehead atoms. The van der Waals surface area contributed by atoms with Gasteiger partial charge in [-0.25, -0.2) is 9.59 Å². The number of ether oxygens (including phenoxy) is 2. The molecule has 7 heteroatoms. The summed E-state index contributed by atoms with van der Waals surface area (Å²) < 4.78 is 8.54. The average Bonchev–Trinajstić information content (AvgIpc) is 2.48. The van der Waals surface area contributed by atoms with Crippen LogP contribution in [0.3, 0.4) is 0 Å². The van der Waals surface area contributed by atoms with E-state index in [0.29, 0.717) is 0 Å². The van der Waals surface area contributed by atoms with Crippen molar-refractivity contribution < 1.29 is 29.0 Å². The van der Waals surface area contributed by atoms with Gasteiger partial charge < -0.3 is 19.9 Å². The lowest BCUT2D eigenvalue weighted by Gasteiger charge is -2.10. The second-order valence-corrected chi connectivity index (χ2v) is 2.64. The number of carbonyl (C=O) groups is 3. The molecule has 1 heterocycles. The largest absolute Gasteiger partial charge is 0.462 e. The maximum atomic E-state index is 10.9. The number of cyclic esters (lactones) is 1. The number of esters is 2. The van der Waals surface area contributed by atoms with E-state index in [1.165, 1.54) is 0 Å². The van der Waals surface area contributed by atoms with Crippen LogP contribution in [0.4, 0.5) is 0 Å². The van der Waals surface area contributed by atoms with Crippen LogP contribution in [-0.2, 0) is 23.9 Å². The van der Waals surface area contributed by atoms with Crippen molar-refractivity contribution in [2.45, 2.75) is 12.1 Å². The molecule has 78 valence electrons. The van der Waals surface area contributed by atoms with E-state index in [-0.39, 0.29) is 6.61 Å². The van der Waals surface area contributed by atoms with Crippen LogP contribution in [0.15, 0.2) is 0 Å². The summed E-state index contributed by atoms with van der Waals surface area (Å²) in [5, 5.41) is 11.1. The van der Waals surface area contributed by atoms with Crippen LogP contribution in [0.2, 0.25) is 0 Å². The molecule has 1 amide bonds. The zero-order valence-corrected chi connectivity index (χ0v) is 7.35. The normalized spacial score (nSPS) is 25.4. The molecule has 0 spiro atoms. The minimum Gasteiger partial charge on any atom is -0.462 e. The van der Waals surface area contributed by atoms with E-state index < -0.39 is 30.0 Å². The number of nitrogens with one attached hydrogen (secondary N) is 1. The van der Waals surface area contributed by atoms with Crippen molar-refractivity contribution >= 4 is 17.8 Å². The molecular weight excluding hydrogens is 194 g/mol. The Hall–Kier alpha value is -1.63. The molecule has 1 fully saturated rings. The summed E-state index contributed by atoms with van der Waals surface area (Å²) in [6, 6.07) is -1.19. The van der Waals surface area contributed by atoms with Crippen molar-refractivity contribution in [3.8, 4) is 0 Å². The van der Waals surface area contributed by atoms with Gasteiger partial charge in [0, 0.05) is 0 Å². The molecule has 0 unspecified atom stereocenters. The van der Waals surface area contributed by atoms with Gasteiger partial charge in [-0.15, -0.1) is 0 Å². The molecule has 0 aromatic rings. The van der Waals surface area contributed by atoms with Crippen LogP contribution in [0.25, 0.3) is 0 Å². The third-order valence-corrected chi connectivity index (χ3v) is 1.69. The Bertz CT molecular complexity index is 275. The zero-order chi connectivity index (χ0) is 10.7. The van der Waals surface area contributed by atoms with E-state index in [9.17, 15) is 14.4 Å². The van der Waals surface area contributed by atoms with Gasteiger partial charge in [0.2, 0.25) is 0 Å². The summed E-state index contributed by atoms with van der Waals surface area (Å²) in [6.45, 7) is -0.190. The van der Waals surface area contributed by atoms with E-state index >= 15 is 0 Å². The number of hydrogen-bond acceptors (Lipinski definition) is 6. The minimum absolute atomic E-state index is 0.190. The second-order valence-electron chi connectivity index (χ2n) is 2.64. The molecule has 14 heavy (non-hydrogen) atoms. The molecule has 1 saturated heterocycles. The summed E-state index contributed by atoms with van der Waals surface area (Å²) in [4.78, 5) is 32.4. The van der Waals surface area contributed by atoms with Crippen molar-refractivity contribution in [2.75, 3.05) is 13.7 Å². The summed E-state index contributed by atoms with van der Waals surface area (Å²) >= 11 is 0. The number of aliphatic hydroxyl groups is 1. The Labute approximate surface area is 79.0 Å². The monoisotopic (exact) mass is 203 g/mol. The smallest absolute Gasteiger partial charge is 0.396 e. The fourth-order valence-electron chi connectivity index (χ4n) is 0.959. The maximum Gasteiger partial charge on any atom is 0.396 e. The van der Waals surface area contributed by atoms with E-state index in [1.807, 2.05) is 5.32 Å². The van der Waals surface area contributed by atoms with Crippen LogP contribution in [0.5, 0.6) is 0 Å². The Morgan fingerprint density at radius 2 is 2.29 bits per heavy atom. The SMILES string of the molecule is COC(=O)C(=O)N[C@@H]1C(=O)OC[C@@H]1O. The topological polar surface area (TPSA) is 102 Å². The van der Waals surface area contributed by atoms with Crippen molar-refractivity contribution in [1.82, 2.24) is 5.32 Å². The number of rotatable bonds is 1. The van der Waals surface area contributed by atoms with Gasteiger partial charge in [-0.2, -0.15) is 0 Å². The molecule has 0 aliphatic carbocycles. The van der Waals surface area contributed by atoms with E-state index in [1.54, 1.807) is 0 Å². The molecular formula is C7H9NO6. The number of aliphatic hydroxyl groups excluding tert-OH is 1. The van der Waals surface area contributed by atoms with Gasteiger partial charge in [0.15, 0.2) is 6.04 Å². The molecule has 2 atom stereocenters. The van der Waals surface area contributed by atoms with Gasteiger partial charge in [-0.1, -0.05) is 0 Å². The second kappa shape index (κ2) is 4.05. The van der Waals surface area contributed by atoms with Crippen LogP contribution in [0, 0.1) is 0 Å². The molecule has 0 saturated carbocycles. The highest BCUT2D eigenvalue weighted by molar-refractivity contribution is 6.32. The van der Waals surface area contributed by atoms with Crippen molar-refractivity contribution in [3.63, 3.8) is 0 Å². The van der Waals surface area contributed by atoms with Crippen LogP contribution >= 0.6 is 0 Å². The van der Waals surface area contributed by atoms with Crippen molar-refractivity contribution in [3.05, 3.63) is 0 Å². The minimum atomic E-state index is -1.19. The van der Waals surface area contributed by atoms with Crippen LogP contribution < -0.4 is 5.32 Å². The first-order valence-corrected chi connectivity index (χ1v) is 3.79. The Kier molecular flexibility index (Phi) is 3.03. The maximum absolute atomic E-state index is 10.9. The summed E-state index contributed by atoms with van der Waals surface area (Å²) in [5.74, 6) is -2.98. The van der Waals surface area contributed by atoms with E-state index in [0.717, 1.165) is 7.11 Å². The van der Waals surface area contributed by atoms with Gasteiger partial charge in [0.1, 0.15) is 12.7 Å². The molecule has 0 aromatic heterocycles. The zero-order valence-electron chi connectivity index (χ0n) is 7.35. The number of hydrogen-bond donors (Lipinski definition) is 2. The van der Waals surface area contributed by atoms with Gasteiger partial charge in [0.25, 0.3) is 0 Å². The average molecular weight is 203 g/mol. The Morgan fingerprint density at radius 1 is 1.64 bits per heavy atom. The van der Waals surface area contributed by atoms with Crippen LogP contribution in [-0.4, -0.2) is 48.8 Å². The molecule has 0 radical (unpaired) electrons. The first-order valence-electron chi connectivity index (χ1n) is 3.79. The molecule has 7 nitrogen and oxygen atoms in total. The fourth-order valence-corrected chi connectivity index (χ4v) is 0.959. The molecule has 2 N–H and O–H groups in total. The van der Waals surface area contributed by atoms with Crippen molar-refractivity contribution in [1.29, 1.82) is 0 Å². The predicted molar refractivity (Wildman–Crippen MR) is 40.9 cm³/mol. The number of methoxy groups -OCH3 is 1. The summed E-state index contributed by atoms with van der Waals surface area (Å²) in [5.41, 5.74) is 0. The van der Waals surface area contributed by atoms with Gasteiger partial charge >= 0.3 is 17.8 Å².